The molecule has 1 aliphatic heterocycles. The van der Waals surface area contributed by atoms with Crippen LogP contribution >= 0.6 is 0 Å². The van der Waals surface area contributed by atoms with E-state index in [-0.39, 0.29) is 17.8 Å². The van der Waals surface area contributed by atoms with Crippen LogP contribution in [0.4, 0.5) is 0 Å². The third-order valence-corrected chi connectivity index (χ3v) is 3.02. The smallest absolute Gasteiger partial charge is 0.183 e. The standard InChI is InChI=1S/C13H18O5/c1-13(6-14)7-17-12(18-8-13)9-3-4-10(15)11(5-9)16-2/h3-5,12,14-15H,6-8H2,1-2H3. The fourth-order valence-corrected chi connectivity index (χ4v) is 1.77. The maximum atomic E-state index is 9.51. The Hall–Kier alpha value is -1.30. The Balaban J connectivity index is 2.10. The van der Waals surface area contributed by atoms with Crippen molar-refractivity contribution in [1.82, 2.24) is 0 Å². The summed E-state index contributed by atoms with van der Waals surface area (Å²) in [6.07, 6.45) is -0.487. The van der Waals surface area contributed by atoms with E-state index in [0.29, 0.717) is 19.0 Å². The van der Waals surface area contributed by atoms with E-state index in [1.807, 2.05) is 6.92 Å². The number of aromatic hydroxyl groups is 1. The largest absolute Gasteiger partial charge is 0.504 e. The van der Waals surface area contributed by atoms with Gasteiger partial charge < -0.3 is 24.4 Å². The number of phenolic OH excluding ortho intramolecular Hbond substituents is 1. The molecule has 0 aliphatic carbocycles. The van der Waals surface area contributed by atoms with E-state index in [1.165, 1.54) is 7.11 Å². The zero-order chi connectivity index (χ0) is 13.2. The van der Waals surface area contributed by atoms with Gasteiger partial charge in [-0.25, -0.2) is 0 Å². The minimum absolute atomic E-state index is 0.0264. The monoisotopic (exact) mass is 254 g/mol. The first-order chi connectivity index (χ1) is 8.58. The fraction of sp³-hybridized carbons (Fsp3) is 0.538. The SMILES string of the molecule is COc1cc(C2OCC(C)(CO)CO2)ccc1O. The molecule has 0 aromatic heterocycles. The molecule has 0 unspecified atom stereocenters. The Morgan fingerprint density at radius 3 is 2.61 bits per heavy atom. The zero-order valence-electron chi connectivity index (χ0n) is 10.5. The molecule has 1 heterocycles. The van der Waals surface area contributed by atoms with Crippen LogP contribution in [0.25, 0.3) is 0 Å². The quantitative estimate of drug-likeness (QED) is 0.854. The lowest BCUT2D eigenvalue weighted by atomic mass is 9.93. The van der Waals surface area contributed by atoms with Crippen molar-refractivity contribution >= 4 is 0 Å². The van der Waals surface area contributed by atoms with E-state index in [1.54, 1.807) is 18.2 Å². The molecule has 1 saturated heterocycles. The molecular weight excluding hydrogens is 236 g/mol. The van der Waals surface area contributed by atoms with Crippen molar-refractivity contribution in [2.75, 3.05) is 26.9 Å². The molecule has 0 atom stereocenters. The molecule has 18 heavy (non-hydrogen) atoms. The highest BCUT2D eigenvalue weighted by molar-refractivity contribution is 5.42. The number of phenols is 1. The topological polar surface area (TPSA) is 68.2 Å². The molecule has 1 aromatic rings. The molecule has 5 nitrogen and oxygen atoms in total. The number of ether oxygens (including phenoxy) is 3. The second-order valence-corrected chi connectivity index (χ2v) is 4.85. The number of benzene rings is 1. The van der Waals surface area contributed by atoms with Crippen LogP contribution in [0.3, 0.4) is 0 Å². The minimum atomic E-state index is -0.487. The van der Waals surface area contributed by atoms with Gasteiger partial charge in [0, 0.05) is 11.0 Å². The van der Waals surface area contributed by atoms with Crippen molar-refractivity contribution in [3.05, 3.63) is 23.8 Å². The third kappa shape index (κ3) is 2.58. The summed E-state index contributed by atoms with van der Waals surface area (Å²) >= 11 is 0. The van der Waals surface area contributed by atoms with Gasteiger partial charge in [0.1, 0.15) is 0 Å². The van der Waals surface area contributed by atoms with E-state index in [0.717, 1.165) is 5.56 Å². The van der Waals surface area contributed by atoms with Gasteiger partial charge in [-0.1, -0.05) is 13.0 Å². The summed E-state index contributed by atoms with van der Waals surface area (Å²) in [5.41, 5.74) is 0.432. The molecule has 0 spiro atoms. The fourth-order valence-electron chi connectivity index (χ4n) is 1.77. The molecule has 5 heteroatoms. The predicted molar refractivity (Wildman–Crippen MR) is 64.5 cm³/mol. The van der Waals surface area contributed by atoms with Gasteiger partial charge in [-0.2, -0.15) is 0 Å². The lowest BCUT2D eigenvalue weighted by Crippen LogP contribution is -2.39. The van der Waals surface area contributed by atoms with Crippen LogP contribution in [0.1, 0.15) is 18.8 Å². The van der Waals surface area contributed by atoms with Crippen LogP contribution in [0.15, 0.2) is 18.2 Å². The normalized spacial score (nSPS) is 28.1. The summed E-state index contributed by atoms with van der Waals surface area (Å²) in [4.78, 5) is 0. The second kappa shape index (κ2) is 5.14. The number of hydrogen-bond acceptors (Lipinski definition) is 5. The first kappa shape index (κ1) is 13.1. The van der Waals surface area contributed by atoms with Crippen LogP contribution in [0.2, 0.25) is 0 Å². The minimum Gasteiger partial charge on any atom is -0.504 e. The Morgan fingerprint density at radius 2 is 2.06 bits per heavy atom. The zero-order valence-corrected chi connectivity index (χ0v) is 10.5. The summed E-state index contributed by atoms with van der Waals surface area (Å²) in [5, 5.41) is 18.7. The third-order valence-electron chi connectivity index (χ3n) is 3.02. The van der Waals surface area contributed by atoms with Crippen LogP contribution in [0, 0.1) is 5.41 Å². The van der Waals surface area contributed by atoms with E-state index in [4.69, 9.17) is 14.2 Å². The first-order valence-electron chi connectivity index (χ1n) is 5.79. The van der Waals surface area contributed by atoms with Gasteiger partial charge in [0.2, 0.25) is 0 Å². The Labute approximate surface area is 106 Å². The molecule has 2 N–H and O–H groups in total. The molecule has 1 fully saturated rings. The van der Waals surface area contributed by atoms with Gasteiger partial charge in [0.15, 0.2) is 17.8 Å². The van der Waals surface area contributed by atoms with Gasteiger partial charge in [-0.15, -0.1) is 0 Å². The Morgan fingerprint density at radius 1 is 1.39 bits per heavy atom. The molecule has 0 bridgehead atoms. The summed E-state index contributed by atoms with van der Waals surface area (Å²) in [7, 11) is 1.49. The molecule has 1 aromatic carbocycles. The van der Waals surface area contributed by atoms with Gasteiger partial charge in [0.25, 0.3) is 0 Å². The van der Waals surface area contributed by atoms with E-state index >= 15 is 0 Å². The maximum absolute atomic E-state index is 9.51. The van der Waals surface area contributed by atoms with Crippen molar-refractivity contribution in [3.8, 4) is 11.5 Å². The highest BCUT2D eigenvalue weighted by Gasteiger charge is 2.33. The highest BCUT2D eigenvalue weighted by Crippen LogP contribution is 2.35. The molecular formula is C13H18O5. The number of aliphatic hydroxyl groups excluding tert-OH is 1. The number of rotatable bonds is 3. The van der Waals surface area contributed by atoms with E-state index < -0.39 is 6.29 Å². The van der Waals surface area contributed by atoms with Gasteiger partial charge >= 0.3 is 0 Å². The molecule has 0 saturated carbocycles. The lowest BCUT2D eigenvalue weighted by Gasteiger charge is -2.36. The summed E-state index contributed by atoms with van der Waals surface area (Å²) in [6.45, 7) is 2.79. The van der Waals surface area contributed by atoms with Crippen molar-refractivity contribution in [3.63, 3.8) is 0 Å². The number of methoxy groups -OCH3 is 1. The van der Waals surface area contributed by atoms with E-state index in [2.05, 4.69) is 0 Å². The average Bonchev–Trinajstić information content (AvgIpc) is 2.40. The maximum Gasteiger partial charge on any atom is 0.183 e. The number of hydrogen-bond donors (Lipinski definition) is 2. The molecule has 2 rings (SSSR count). The molecule has 0 radical (unpaired) electrons. The van der Waals surface area contributed by atoms with Crippen molar-refractivity contribution < 1.29 is 24.4 Å². The highest BCUT2D eigenvalue weighted by atomic mass is 16.7. The molecule has 1 aliphatic rings. The van der Waals surface area contributed by atoms with Crippen molar-refractivity contribution in [2.24, 2.45) is 5.41 Å². The van der Waals surface area contributed by atoms with Crippen LogP contribution in [0.5, 0.6) is 11.5 Å². The van der Waals surface area contributed by atoms with Crippen LogP contribution < -0.4 is 4.74 Å². The Bertz CT molecular complexity index is 410. The van der Waals surface area contributed by atoms with Crippen molar-refractivity contribution in [1.29, 1.82) is 0 Å². The van der Waals surface area contributed by atoms with Gasteiger partial charge in [-0.05, 0) is 12.1 Å². The lowest BCUT2D eigenvalue weighted by molar-refractivity contribution is -0.236. The summed E-state index contributed by atoms with van der Waals surface area (Å²) in [6, 6.07) is 4.95. The number of aliphatic hydroxyl groups is 1. The molecule has 0 amide bonds. The predicted octanol–water partition coefficient (Wildman–Crippen LogP) is 1.44. The van der Waals surface area contributed by atoms with E-state index in [9.17, 15) is 10.2 Å². The van der Waals surface area contributed by atoms with Crippen molar-refractivity contribution in [2.45, 2.75) is 13.2 Å². The Kier molecular flexibility index (Phi) is 3.75. The average molecular weight is 254 g/mol. The summed E-state index contributed by atoms with van der Waals surface area (Å²) < 4.78 is 16.2. The van der Waals surface area contributed by atoms with Crippen LogP contribution in [-0.2, 0) is 9.47 Å². The second-order valence-electron chi connectivity index (χ2n) is 4.85. The molecule has 100 valence electrons. The van der Waals surface area contributed by atoms with Gasteiger partial charge in [0.05, 0.1) is 26.9 Å². The first-order valence-corrected chi connectivity index (χ1v) is 5.79. The summed E-state index contributed by atoms with van der Waals surface area (Å²) in [5.74, 6) is 0.465. The van der Waals surface area contributed by atoms with Gasteiger partial charge in [-0.3, -0.25) is 0 Å². The van der Waals surface area contributed by atoms with Crippen LogP contribution in [-0.4, -0.2) is 37.1 Å².